The first kappa shape index (κ1) is 10.6. The fourth-order valence-electron chi connectivity index (χ4n) is 1.24. The number of aromatic nitrogens is 3. The molecule has 0 radical (unpaired) electrons. The molecule has 1 unspecified atom stereocenters. The van der Waals surface area contributed by atoms with Crippen molar-refractivity contribution in [3.05, 3.63) is 11.3 Å². The van der Waals surface area contributed by atoms with E-state index in [0.717, 1.165) is 21.2 Å². The fourth-order valence-corrected chi connectivity index (χ4v) is 2.07. The lowest BCUT2D eigenvalue weighted by Crippen LogP contribution is -2.17. The molecular weight excluding hydrogens is 232 g/mol. The Morgan fingerprint density at radius 3 is 3.07 bits per heavy atom. The molecule has 0 fully saturated rings. The van der Waals surface area contributed by atoms with Gasteiger partial charge in [0.25, 0.3) is 0 Å². The summed E-state index contributed by atoms with van der Waals surface area (Å²) >= 11 is 7.30. The minimum absolute atomic E-state index is 0.173. The van der Waals surface area contributed by atoms with Gasteiger partial charge in [-0.05, 0) is 13.8 Å². The lowest BCUT2D eigenvalue weighted by Gasteiger charge is -2.10. The predicted molar refractivity (Wildman–Crippen MR) is 63.8 cm³/mol. The van der Waals surface area contributed by atoms with Crippen LogP contribution in [0.2, 0.25) is 0 Å². The van der Waals surface area contributed by atoms with E-state index in [1.807, 2.05) is 13.8 Å². The molecule has 0 saturated heterocycles. The third kappa shape index (κ3) is 2.18. The van der Waals surface area contributed by atoms with Gasteiger partial charge in [-0.3, -0.25) is 0 Å². The van der Waals surface area contributed by atoms with Crippen LogP contribution in [0.1, 0.15) is 11.9 Å². The van der Waals surface area contributed by atoms with E-state index < -0.39 is 0 Å². The monoisotopic (exact) mass is 242 g/mol. The van der Waals surface area contributed by atoms with E-state index in [-0.39, 0.29) is 6.04 Å². The summed E-state index contributed by atoms with van der Waals surface area (Å²) in [6.07, 6.45) is 1.54. The highest BCUT2D eigenvalue weighted by atomic mass is 35.5. The van der Waals surface area contributed by atoms with E-state index in [9.17, 15) is 0 Å². The van der Waals surface area contributed by atoms with E-state index in [4.69, 9.17) is 11.6 Å². The quantitative estimate of drug-likeness (QED) is 0.840. The van der Waals surface area contributed by atoms with Gasteiger partial charge in [-0.2, -0.15) is 0 Å². The Balaban J connectivity index is 2.41. The summed E-state index contributed by atoms with van der Waals surface area (Å²) in [6.45, 7) is 3.96. The summed E-state index contributed by atoms with van der Waals surface area (Å²) < 4.78 is 0. The Labute approximate surface area is 96.7 Å². The Morgan fingerprint density at radius 1 is 1.53 bits per heavy atom. The van der Waals surface area contributed by atoms with Crippen LogP contribution in [0.5, 0.6) is 0 Å². The van der Waals surface area contributed by atoms with Gasteiger partial charge in [0.1, 0.15) is 16.7 Å². The van der Waals surface area contributed by atoms with Crippen molar-refractivity contribution in [1.82, 2.24) is 15.0 Å². The van der Waals surface area contributed by atoms with Crippen molar-refractivity contribution in [2.75, 3.05) is 11.2 Å². The van der Waals surface area contributed by atoms with Gasteiger partial charge in [-0.15, -0.1) is 11.6 Å². The molecule has 2 aromatic rings. The van der Waals surface area contributed by atoms with Crippen LogP contribution in [0.3, 0.4) is 0 Å². The minimum atomic E-state index is 0.173. The average Bonchev–Trinajstić information content (AvgIpc) is 2.59. The highest BCUT2D eigenvalue weighted by Crippen LogP contribution is 2.24. The second kappa shape index (κ2) is 4.28. The van der Waals surface area contributed by atoms with Crippen molar-refractivity contribution >= 4 is 39.1 Å². The lowest BCUT2D eigenvalue weighted by atomic mass is 10.4. The van der Waals surface area contributed by atoms with Crippen molar-refractivity contribution in [2.45, 2.75) is 19.9 Å². The molecule has 80 valence electrons. The summed E-state index contributed by atoms with van der Waals surface area (Å²) in [4.78, 5) is 13.6. The van der Waals surface area contributed by atoms with Crippen LogP contribution in [0.4, 0.5) is 5.82 Å². The number of aryl methyl sites for hydroxylation is 1. The van der Waals surface area contributed by atoms with E-state index in [1.165, 1.54) is 0 Å². The van der Waals surface area contributed by atoms with Crippen molar-refractivity contribution in [3.8, 4) is 0 Å². The Bertz CT molecular complexity index is 470. The highest BCUT2D eigenvalue weighted by molar-refractivity contribution is 7.18. The highest BCUT2D eigenvalue weighted by Gasteiger charge is 2.10. The SMILES string of the molecule is Cc1nc2c(NC(C)CCl)ncnc2s1. The molecule has 4 nitrogen and oxygen atoms in total. The van der Waals surface area contributed by atoms with E-state index in [2.05, 4.69) is 20.3 Å². The number of anilines is 1. The summed E-state index contributed by atoms with van der Waals surface area (Å²) in [5.41, 5.74) is 0.831. The molecule has 0 bridgehead atoms. The number of hydrogen-bond donors (Lipinski definition) is 1. The van der Waals surface area contributed by atoms with Crippen LogP contribution in [-0.4, -0.2) is 26.9 Å². The molecule has 2 aromatic heterocycles. The second-order valence-electron chi connectivity index (χ2n) is 3.31. The van der Waals surface area contributed by atoms with E-state index in [1.54, 1.807) is 17.7 Å². The van der Waals surface area contributed by atoms with Crippen LogP contribution in [0.15, 0.2) is 6.33 Å². The molecule has 0 aliphatic heterocycles. The summed E-state index contributed by atoms with van der Waals surface area (Å²) in [5, 5.41) is 4.20. The number of alkyl halides is 1. The Kier molecular flexibility index (Phi) is 3.02. The minimum Gasteiger partial charge on any atom is -0.364 e. The fraction of sp³-hybridized carbons (Fsp3) is 0.444. The third-order valence-corrected chi connectivity index (χ3v) is 3.26. The summed E-state index contributed by atoms with van der Waals surface area (Å²) in [7, 11) is 0. The van der Waals surface area contributed by atoms with Crippen molar-refractivity contribution < 1.29 is 0 Å². The van der Waals surface area contributed by atoms with Gasteiger partial charge in [0, 0.05) is 11.9 Å². The van der Waals surface area contributed by atoms with Crippen LogP contribution in [-0.2, 0) is 0 Å². The molecule has 0 amide bonds. The molecule has 1 atom stereocenters. The first-order valence-electron chi connectivity index (χ1n) is 4.61. The zero-order valence-corrected chi connectivity index (χ0v) is 10.1. The van der Waals surface area contributed by atoms with Crippen molar-refractivity contribution in [3.63, 3.8) is 0 Å². The molecule has 0 saturated carbocycles. The van der Waals surface area contributed by atoms with Crippen molar-refractivity contribution in [1.29, 1.82) is 0 Å². The van der Waals surface area contributed by atoms with Gasteiger partial charge in [0.05, 0.1) is 5.01 Å². The number of nitrogens with zero attached hydrogens (tertiary/aromatic N) is 3. The zero-order chi connectivity index (χ0) is 10.8. The van der Waals surface area contributed by atoms with Crippen molar-refractivity contribution in [2.24, 2.45) is 0 Å². The average molecular weight is 243 g/mol. The number of fused-ring (bicyclic) bond motifs is 1. The van der Waals surface area contributed by atoms with Gasteiger partial charge in [0.2, 0.25) is 0 Å². The maximum atomic E-state index is 5.73. The maximum Gasteiger partial charge on any atom is 0.157 e. The molecule has 0 aliphatic rings. The smallest absolute Gasteiger partial charge is 0.157 e. The summed E-state index contributed by atoms with van der Waals surface area (Å²) in [6, 6.07) is 0.173. The summed E-state index contributed by atoms with van der Waals surface area (Å²) in [5.74, 6) is 1.30. The molecule has 1 N–H and O–H groups in total. The van der Waals surface area contributed by atoms with Crippen LogP contribution < -0.4 is 5.32 Å². The molecule has 2 rings (SSSR count). The normalized spacial score (nSPS) is 13.0. The van der Waals surface area contributed by atoms with Crippen LogP contribution >= 0.6 is 22.9 Å². The molecule has 0 spiro atoms. The van der Waals surface area contributed by atoms with Gasteiger partial charge in [-0.25, -0.2) is 15.0 Å². The number of thiazole rings is 1. The molecule has 0 aliphatic carbocycles. The number of halogens is 1. The molecular formula is C9H11ClN4S. The lowest BCUT2D eigenvalue weighted by molar-refractivity contribution is 0.897. The van der Waals surface area contributed by atoms with Crippen LogP contribution in [0.25, 0.3) is 10.3 Å². The van der Waals surface area contributed by atoms with Gasteiger partial charge in [0.15, 0.2) is 5.82 Å². The number of rotatable bonds is 3. The van der Waals surface area contributed by atoms with Crippen LogP contribution in [0, 0.1) is 6.92 Å². The van der Waals surface area contributed by atoms with E-state index >= 15 is 0 Å². The first-order chi connectivity index (χ1) is 7.20. The standard InChI is InChI=1S/C9H11ClN4S/c1-5(3-10)13-8-7-9(12-4-11-8)15-6(2)14-7/h4-5H,3H2,1-2H3,(H,11,12,13). The third-order valence-electron chi connectivity index (χ3n) is 1.92. The Hall–Kier alpha value is -0.940. The molecule has 15 heavy (non-hydrogen) atoms. The zero-order valence-electron chi connectivity index (χ0n) is 8.49. The number of hydrogen-bond acceptors (Lipinski definition) is 5. The second-order valence-corrected chi connectivity index (χ2v) is 4.80. The maximum absolute atomic E-state index is 5.73. The molecule has 0 aromatic carbocycles. The molecule has 6 heteroatoms. The Morgan fingerprint density at radius 2 is 2.33 bits per heavy atom. The first-order valence-corrected chi connectivity index (χ1v) is 5.96. The largest absolute Gasteiger partial charge is 0.364 e. The van der Waals surface area contributed by atoms with E-state index in [0.29, 0.717) is 5.88 Å². The topological polar surface area (TPSA) is 50.7 Å². The molecule has 2 heterocycles. The van der Waals surface area contributed by atoms with Gasteiger partial charge in [-0.1, -0.05) is 11.3 Å². The number of nitrogens with one attached hydrogen (secondary N) is 1. The van der Waals surface area contributed by atoms with Gasteiger partial charge < -0.3 is 5.32 Å². The van der Waals surface area contributed by atoms with Gasteiger partial charge >= 0.3 is 0 Å². The predicted octanol–water partition coefficient (Wildman–Crippen LogP) is 2.43.